The van der Waals surface area contributed by atoms with Gasteiger partial charge in [-0.1, -0.05) is 12.7 Å². The predicted molar refractivity (Wildman–Crippen MR) is 57.3 cm³/mol. The molecule has 0 aliphatic rings. The maximum Gasteiger partial charge on any atom is 0.308 e. The smallest absolute Gasteiger partial charge is 0.308 e. The van der Waals surface area contributed by atoms with Crippen molar-refractivity contribution in [2.45, 2.75) is 20.8 Å². The molecule has 2 nitrogen and oxygen atoms in total. The molecule has 0 atom stereocenters. The van der Waals surface area contributed by atoms with Gasteiger partial charge in [-0.3, -0.25) is 4.79 Å². The molecule has 2 heteroatoms. The zero-order chi connectivity index (χ0) is 10.7. The molecule has 1 rings (SSSR count). The lowest BCUT2D eigenvalue weighted by atomic mass is 10.1. The topological polar surface area (TPSA) is 26.3 Å². The molecule has 0 saturated heterocycles. The molecular formula is C12H14O2. The summed E-state index contributed by atoms with van der Waals surface area (Å²) in [4.78, 5) is 10.8. The van der Waals surface area contributed by atoms with Gasteiger partial charge in [0, 0.05) is 6.92 Å². The van der Waals surface area contributed by atoms with Crippen molar-refractivity contribution in [1.82, 2.24) is 0 Å². The van der Waals surface area contributed by atoms with E-state index in [1.165, 1.54) is 6.92 Å². The highest BCUT2D eigenvalue weighted by atomic mass is 16.5. The van der Waals surface area contributed by atoms with Crippen LogP contribution in [-0.4, -0.2) is 5.97 Å². The summed E-state index contributed by atoms with van der Waals surface area (Å²) in [6.07, 6.45) is 1.78. The monoisotopic (exact) mass is 190 g/mol. The summed E-state index contributed by atoms with van der Waals surface area (Å²) in [7, 11) is 0. The second-order valence-electron chi connectivity index (χ2n) is 3.28. The Balaban J connectivity index is 3.17. The van der Waals surface area contributed by atoms with Crippen molar-refractivity contribution in [2.75, 3.05) is 0 Å². The fourth-order valence-corrected chi connectivity index (χ4v) is 1.41. The fraction of sp³-hybridized carbons (Fsp3) is 0.250. The Labute approximate surface area is 84.2 Å². The Hall–Kier alpha value is -1.57. The molecule has 14 heavy (non-hydrogen) atoms. The quantitative estimate of drug-likeness (QED) is 0.529. The molecule has 0 aliphatic carbocycles. The second kappa shape index (κ2) is 4.09. The molecule has 1 aromatic rings. The van der Waals surface area contributed by atoms with E-state index in [2.05, 4.69) is 6.58 Å². The van der Waals surface area contributed by atoms with Crippen molar-refractivity contribution in [3.63, 3.8) is 0 Å². The van der Waals surface area contributed by atoms with Crippen LogP contribution in [0.3, 0.4) is 0 Å². The zero-order valence-electron chi connectivity index (χ0n) is 8.76. The molecule has 1 aromatic carbocycles. The van der Waals surface area contributed by atoms with E-state index in [4.69, 9.17) is 4.74 Å². The third-order valence-corrected chi connectivity index (χ3v) is 1.96. The van der Waals surface area contributed by atoms with Gasteiger partial charge in [0.25, 0.3) is 0 Å². The normalized spacial score (nSPS) is 9.64. The summed E-state index contributed by atoms with van der Waals surface area (Å²) < 4.78 is 5.10. The van der Waals surface area contributed by atoms with Crippen LogP contribution < -0.4 is 4.74 Å². The Bertz CT molecular complexity index is 355. The highest BCUT2D eigenvalue weighted by molar-refractivity contribution is 5.71. The number of esters is 1. The van der Waals surface area contributed by atoms with Crippen LogP contribution in [0.5, 0.6) is 5.75 Å². The van der Waals surface area contributed by atoms with E-state index >= 15 is 0 Å². The number of aryl methyl sites for hydroxylation is 2. The number of hydrogen-bond acceptors (Lipinski definition) is 2. The van der Waals surface area contributed by atoms with E-state index < -0.39 is 0 Å². The van der Waals surface area contributed by atoms with Crippen molar-refractivity contribution < 1.29 is 9.53 Å². The molecule has 0 amide bonds. The maximum absolute atomic E-state index is 10.8. The molecule has 0 heterocycles. The first-order chi connectivity index (χ1) is 6.54. The van der Waals surface area contributed by atoms with Crippen LogP contribution in [-0.2, 0) is 4.79 Å². The zero-order valence-corrected chi connectivity index (χ0v) is 8.76. The van der Waals surface area contributed by atoms with Crippen LogP contribution in [0.1, 0.15) is 23.6 Å². The average Bonchev–Trinajstić information content (AvgIpc) is 2.10. The first-order valence-corrected chi connectivity index (χ1v) is 4.46. The fourth-order valence-electron chi connectivity index (χ4n) is 1.41. The second-order valence-corrected chi connectivity index (χ2v) is 3.28. The summed E-state index contributed by atoms with van der Waals surface area (Å²) in [5, 5.41) is 0. The van der Waals surface area contributed by atoms with Gasteiger partial charge in [-0.25, -0.2) is 0 Å². The van der Waals surface area contributed by atoms with Crippen molar-refractivity contribution >= 4 is 12.0 Å². The Morgan fingerprint density at radius 2 is 1.86 bits per heavy atom. The van der Waals surface area contributed by atoms with Crippen molar-refractivity contribution in [1.29, 1.82) is 0 Å². The van der Waals surface area contributed by atoms with Gasteiger partial charge in [-0.05, 0) is 42.7 Å². The highest BCUT2D eigenvalue weighted by Gasteiger charge is 2.07. The number of benzene rings is 1. The first kappa shape index (κ1) is 10.5. The molecule has 0 aliphatic heterocycles. The standard InChI is InChI=1S/C12H14O2/c1-5-11-6-8(2)12(9(3)7-11)14-10(4)13/h5-7H,1H2,2-4H3. The maximum atomic E-state index is 10.8. The van der Waals surface area contributed by atoms with Crippen LogP contribution in [0.15, 0.2) is 18.7 Å². The lowest BCUT2D eigenvalue weighted by Gasteiger charge is -2.09. The lowest BCUT2D eigenvalue weighted by molar-refractivity contribution is -0.131. The van der Waals surface area contributed by atoms with Crippen LogP contribution in [0.4, 0.5) is 0 Å². The molecule has 0 radical (unpaired) electrons. The van der Waals surface area contributed by atoms with E-state index in [-0.39, 0.29) is 5.97 Å². The number of rotatable bonds is 2. The van der Waals surface area contributed by atoms with Crippen LogP contribution in [0.2, 0.25) is 0 Å². The van der Waals surface area contributed by atoms with E-state index in [0.717, 1.165) is 16.7 Å². The summed E-state index contributed by atoms with van der Waals surface area (Å²) in [5.74, 6) is 0.366. The molecular weight excluding hydrogens is 176 g/mol. The highest BCUT2D eigenvalue weighted by Crippen LogP contribution is 2.25. The van der Waals surface area contributed by atoms with Crippen LogP contribution in [0.25, 0.3) is 6.08 Å². The number of hydrogen-bond donors (Lipinski definition) is 0. The van der Waals surface area contributed by atoms with E-state index in [9.17, 15) is 4.79 Å². The number of carbonyl (C=O) groups is 1. The molecule has 74 valence electrons. The van der Waals surface area contributed by atoms with Crippen molar-refractivity contribution in [2.24, 2.45) is 0 Å². The van der Waals surface area contributed by atoms with Crippen molar-refractivity contribution in [3.8, 4) is 5.75 Å². The van der Waals surface area contributed by atoms with Gasteiger partial charge in [-0.15, -0.1) is 0 Å². The SMILES string of the molecule is C=Cc1cc(C)c(OC(C)=O)c(C)c1. The summed E-state index contributed by atoms with van der Waals surface area (Å²) >= 11 is 0. The Morgan fingerprint density at radius 1 is 1.36 bits per heavy atom. The van der Waals surface area contributed by atoms with Gasteiger partial charge in [0.2, 0.25) is 0 Å². The summed E-state index contributed by atoms with van der Waals surface area (Å²) in [6.45, 7) is 8.93. The minimum absolute atomic E-state index is 0.289. The lowest BCUT2D eigenvalue weighted by Crippen LogP contribution is -2.04. The molecule has 0 unspecified atom stereocenters. The molecule has 0 aromatic heterocycles. The third-order valence-electron chi connectivity index (χ3n) is 1.96. The van der Waals surface area contributed by atoms with Gasteiger partial charge in [-0.2, -0.15) is 0 Å². The predicted octanol–water partition coefficient (Wildman–Crippen LogP) is 2.87. The van der Waals surface area contributed by atoms with Gasteiger partial charge < -0.3 is 4.74 Å². The Kier molecular flexibility index (Phi) is 3.07. The van der Waals surface area contributed by atoms with Crippen molar-refractivity contribution in [3.05, 3.63) is 35.4 Å². The average molecular weight is 190 g/mol. The third kappa shape index (κ3) is 2.22. The van der Waals surface area contributed by atoms with Gasteiger partial charge in [0.15, 0.2) is 0 Å². The number of ether oxygens (including phenoxy) is 1. The van der Waals surface area contributed by atoms with Gasteiger partial charge in [0.1, 0.15) is 5.75 Å². The largest absolute Gasteiger partial charge is 0.426 e. The van der Waals surface area contributed by atoms with E-state index in [0.29, 0.717) is 5.75 Å². The van der Waals surface area contributed by atoms with E-state index in [1.807, 2.05) is 26.0 Å². The van der Waals surface area contributed by atoms with E-state index in [1.54, 1.807) is 6.08 Å². The molecule has 0 N–H and O–H groups in total. The minimum atomic E-state index is -0.289. The summed E-state index contributed by atoms with van der Waals surface area (Å²) in [5.41, 5.74) is 2.95. The van der Waals surface area contributed by atoms with Crippen LogP contribution >= 0.6 is 0 Å². The molecule has 0 spiro atoms. The number of carbonyl (C=O) groups excluding carboxylic acids is 1. The minimum Gasteiger partial charge on any atom is -0.426 e. The van der Waals surface area contributed by atoms with Crippen LogP contribution in [0, 0.1) is 13.8 Å². The molecule has 0 saturated carbocycles. The van der Waals surface area contributed by atoms with Gasteiger partial charge >= 0.3 is 5.97 Å². The Morgan fingerprint density at radius 3 is 2.21 bits per heavy atom. The summed E-state index contributed by atoms with van der Waals surface area (Å²) in [6, 6.07) is 3.89. The van der Waals surface area contributed by atoms with Gasteiger partial charge in [0.05, 0.1) is 0 Å². The first-order valence-electron chi connectivity index (χ1n) is 4.46. The molecule has 0 fully saturated rings. The molecule has 0 bridgehead atoms.